The molecule has 0 saturated carbocycles. The van der Waals surface area contributed by atoms with Crippen LogP contribution in [0, 0.1) is 0 Å². The van der Waals surface area contributed by atoms with Gasteiger partial charge in [0.1, 0.15) is 0 Å². The molecule has 1 nitrogen and oxygen atoms in total. The molecular weight excluding hydrogens is 400 g/mol. The first kappa shape index (κ1) is 24.0. The van der Waals surface area contributed by atoms with E-state index < -0.39 is 0 Å². The minimum atomic E-state index is 0.333. The van der Waals surface area contributed by atoms with Crippen LogP contribution in [0.1, 0.15) is 13.8 Å². The Labute approximate surface area is 185 Å². The SMILES string of the molecule is CC(C)N.c1ccc(Pc2ccccc2)cc1.c1ccc(Pc2ccccc2)cc1. The molecule has 0 spiro atoms. The highest BCUT2D eigenvalue weighted by Crippen LogP contribution is 2.09. The lowest BCUT2D eigenvalue weighted by Crippen LogP contribution is -2.06. The average molecular weight is 432 g/mol. The van der Waals surface area contributed by atoms with Crippen molar-refractivity contribution in [2.45, 2.75) is 19.9 Å². The standard InChI is InChI=1S/2C12H11P.C3H9N/c2*1-3-7-11(8-4-1)13-12-9-5-2-6-10-12;1-3(2)4/h2*1-10,13H;3H,4H2,1-2H3. The van der Waals surface area contributed by atoms with Gasteiger partial charge in [-0.25, -0.2) is 0 Å². The molecule has 0 atom stereocenters. The third kappa shape index (κ3) is 11.0. The first-order valence-corrected chi connectivity index (χ1v) is 12.1. The summed E-state index contributed by atoms with van der Waals surface area (Å²) in [5, 5.41) is 5.59. The van der Waals surface area contributed by atoms with E-state index in [1.807, 2.05) is 13.8 Å². The Morgan fingerprint density at radius 3 is 0.767 bits per heavy atom. The van der Waals surface area contributed by atoms with Gasteiger partial charge >= 0.3 is 0 Å². The van der Waals surface area contributed by atoms with E-state index in [0.29, 0.717) is 6.04 Å². The summed E-state index contributed by atoms with van der Waals surface area (Å²) in [6.45, 7) is 3.89. The van der Waals surface area contributed by atoms with Crippen molar-refractivity contribution >= 4 is 38.4 Å². The van der Waals surface area contributed by atoms with Crippen LogP contribution in [-0.2, 0) is 0 Å². The largest absolute Gasteiger partial charge is 0.328 e. The smallest absolute Gasteiger partial charge is 0.00179 e. The fourth-order valence-electron chi connectivity index (χ4n) is 2.42. The summed E-state index contributed by atoms with van der Waals surface area (Å²) in [4.78, 5) is 0. The summed E-state index contributed by atoms with van der Waals surface area (Å²) >= 11 is 0. The van der Waals surface area contributed by atoms with E-state index >= 15 is 0 Å². The minimum absolute atomic E-state index is 0.333. The van der Waals surface area contributed by atoms with Crippen LogP contribution in [0.15, 0.2) is 121 Å². The van der Waals surface area contributed by atoms with Crippen molar-refractivity contribution < 1.29 is 0 Å². The van der Waals surface area contributed by atoms with Crippen molar-refractivity contribution in [3.8, 4) is 0 Å². The van der Waals surface area contributed by atoms with Crippen LogP contribution in [0.5, 0.6) is 0 Å². The zero-order valence-electron chi connectivity index (χ0n) is 17.7. The zero-order valence-corrected chi connectivity index (χ0v) is 19.7. The van der Waals surface area contributed by atoms with Crippen LogP contribution in [0.25, 0.3) is 0 Å². The van der Waals surface area contributed by atoms with Crippen LogP contribution in [0.4, 0.5) is 0 Å². The van der Waals surface area contributed by atoms with Crippen LogP contribution >= 0.6 is 17.2 Å². The molecule has 0 fully saturated rings. The Kier molecular flexibility index (Phi) is 11.7. The Hall–Kier alpha value is -2.30. The molecule has 0 aliphatic carbocycles. The highest BCUT2D eigenvalue weighted by atomic mass is 31.1. The lowest BCUT2D eigenvalue weighted by atomic mass is 10.4. The second-order valence-electron chi connectivity index (χ2n) is 6.96. The van der Waals surface area contributed by atoms with Gasteiger partial charge in [0, 0.05) is 0 Å². The van der Waals surface area contributed by atoms with Crippen LogP contribution < -0.4 is 27.0 Å². The summed E-state index contributed by atoms with van der Waals surface area (Å²) in [5.41, 5.74) is 5.11. The minimum Gasteiger partial charge on any atom is -0.328 e. The number of rotatable bonds is 4. The van der Waals surface area contributed by atoms with E-state index in [9.17, 15) is 0 Å². The molecule has 0 unspecified atom stereocenters. The monoisotopic (exact) mass is 431 g/mol. The molecule has 4 aromatic rings. The maximum atomic E-state index is 5.11. The van der Waals surface area contributed by atoms with Gasteiger partial charge in [-0.1, -0.05) is 152 Å². The Balaban J connectivity index is 0.000000182. The quantitative estimate of drug-likeness (QED) is 0.453. The van der Waals surface area contributed by atoms with Crippen LogP contribution in [-0.4, -0.2) is 6.04 Å². The van der Waals surface area contributed by atoms with Gasteiger partial charge in [0.25, 0.3) is 0 Å². The molecule has 0 aliphatic heterocycles. The van der Waals surface area contributed by atoms with Crippen molar-refractivity contribution in [1.82, 2.24) is 0 Å². The molecule has 0 aromatic heterocycles. The molecular formula is C27H31NP2. The predicted molar refractivity (Wildman–Crippen MR) is 140 cm³/mol. The van der Waals surface area contributed by atoms with Gasteiger partial charge in [0.2, 0.25) is 0 Å². The van der Waals surface area contributed by atoms with E-state index in [2.05, 4.69) is 121 Å². The Morgan fingerprint density at radius 1 is 0.433 bits per heavy atom. The predicted octanol–water partition coefficient (Wildman–Crippen LogP) is 4.99. The van der Waals surface area contributed by atoms with Gasteiger partial charge in [0.15, 0.2) is 0 Å². The lowest BCUT2D eigenvalue weighted by molar-refractivity contribution is 0.834. The molecule has 30 heavy (non-hydrogen) atoms. The topological polar surface area (TPSA) is 26.0 Å². The van der Waals surface area contributed by atoms with E-state index in [1.54, 1.807) is 0 Å². The van der Waals surface area contributed by atoms with E-state index in [4.69, 9.17) is 5.73 Å². The highest BCUT2D eigenvalue weighted by molar-refractivity contribution is 7.55. The van der Waals surface area contributed by atoms with Gasteiger partial charge in [-0.2, -0.15) is 0 Å². The van der Waals surface area contributed by atoms with Crippen molar-refractivity contribution in [2.24, 2.45) is 5.73 Å². The van der Waals surface area contributed by atoms with E-state index in [-0.39, 0.29) is 0 Å². The van der Waals surface area contributed by atoms with Gasteiger partial charge in [0.05, 0.1) is 0 Å². The molecule has 2 N–H and O–H groups in total. The molecule has 0 saturated heterocycles. The highest BCUT2D eigenvalue weighted by Gasteiger charge is 1.93. The molecule has 0 bridgehead atoms. The number of nitrogens with two attached hydrogens (primary N) is 1. The maximum absolute atomic E-state index is 5.11. The van der Waals surface area contributed by atoms with Crippen molar-refractivity contribution in [2.75, 3.05) is 0 Å². The number of hydrogen-bond acceptors (Lipinski definition) is 1. The molecule has 4 rings (SSSR count). The fraction of sp³-hybridized carbons (Fsp3) is 0.111. The second-order valence-corrected chi connectivity index (χ2v) is 9.77. The van der Waals surface area contributed by atoms with Gasteiger partial charge in [-0.05, 0) is 27.3 Å². The summed E-state index contributed by atoms with van der Waals surface area (Å²) < 4.78 is 0. The third-order valence-electron chi connectivity index (χ3n) is 3.67. The molecule has 0 radical (unpaired) electrons. The lowest BCUT2D eigenvalue weighted by Gasteiger charge is -2.00. The van der Waals surface area contributed by atoms with Gasteiger partial charge < -0.3 is 5.73 Å². The van der Waals surface area contributed by atoms with Crippen LogP contribution in [0.2, 0.25) is 0 Å². The fourth-order valence-corrected chi connectivity index (χ4v) is 4.52. The number of hydrogen-bond donors (Lipinski definition) is 1. The Bertz CT molecular complexity index is 757. The van der Waals surface area contributed by atoms with Crippen molar-refractivity contribution in [3.05, 3.63) is 121 Å². The Morgan fingerprint density at radius 2 is 0.600 bits per heavy atom. The number of benzene rings is 4. The summed E-state index contributed by atoms with van der Waals surface area (Å²) in [5.74, 6) is 0. The van der Waals surface area contributed by atoms with Crippen molar-refractivity contribution in [1.29, 1.82) is 0 Å². The molecule has 154 valence electrons. The zero-order chi connectivity index (χ0) is 21.4. The molecule has 0 amide bonds. The van der Waals surface area contributed by atoms with E-state index in [0.717, 1.165) is 17.2 Å². The first-order chi connectivity index (χ1) is 14.6. The van der Waals surface area contributed by atoms with Gasteiger partial charge in [-0.3, -0.25) is 0 Å². The second kappa shape index (κ2) is 14.6. The normalized spacial score (nSPS) is 9.73. The molecule has 0 aliphatic rings. The molecule has 0 heterocycles. The maximum Gasteiger partial charge on any atom is -0.00179 e. The summed E-state index contributed by atoms with van der Waals surface area (Å²) in [6.07, 6.45) is 0. The summed E-state index contributed by atoms with van der Waals surface area (Å²) in [7, 11) is 1.55. The first-order valence-electron chi connectivity index (χ1n) is 10.1. The summed E-state index contributed by atoms with van der Waals surface area (Å²) in [6, 6.07) is 42.6. The van der Waals surface area contributed by atoms with E-state index in [1.165, 1.54) is 21.2 Å². The molecule has 4 aromatic carbocycles. The third-order valence-corrected chi connectivity index (χ3v) is 6.16. The van der Waals surface area contributed by atoms with Crippen LogP contribution in [0.3, 0.4) is 0 Å². The van der Waals surface area contributed by atoms with Crippen molar-refractivity contribution in [3.63, 3.8) is 0 Å². The average Bonchev–Trinajstić information content (AvgIpc) is 2.77. The molecule has 3 heteroatoms. The van der Waals surface area contributed by atoms with Gasteiger partial charge in [-0.15, -0.1) is 0 Å².